The maximum Gasteiger partial charge on any atom is 0.196 e. The zero-order valence-electron chi connectivity index (χ0n) is 17.5. The molecule has 2 aliphatic rings. The van der Waals surface area contributed by atoms with Gasteiger partial charge < -0.3 is 9.26 Å². The molecule has 0 bridgehead atoms. The van der Waals surface area contributed by atoms with Gasteiger partial charge >= 0.3 is 0 Å². The van der Waals surface area contributed by atoms with Gasteiger partial charge in [0, 0.05) is 30.6 Å². The minimum Gasteiger partial charge on any atom is -0.369 e. The lowest BCUT2D eigenvalue weighted by atomic mass is 9.79. The van der Waals surface area contributed by atoms with Crippen LogP contribution in [0.5, 0.6) is 0 Å². The number of rotatable bonds is 5. The number of benzene rings is 1. The van der Waals surface area contributed by atoms with E-state index in [1.54, 1.807) is 19.3 Å². The number of fused-ring (bicyclic) bond motifs is 1. The van der Waals surface area contributed by atoms with E-state index < -0.39 is 11.6 Å². The van der Waals surface area contributed by atoms with Crippen molar-refractivity contribution < 1.29 is 18.4 Å². The molecule has 2 aromatic rings. The predicted molar refractivity (Wildman–Crippen MR) is 112 cm³/mol. The lowest BCUT2D eigenvalue weighted by Crippen LogP contribution is -2.53. The van der Waals surface area contributed by atoms with Crippen molar-refractivity contribution in [2.75, 3.05) is 20.2 Å². The van der Waals surface area contributed by atoms with Crippen LogP contribution in [0.4, 0.5) is 4.39 Å². The van der Waals surface area contributed by atoms with Gasteiger partial charge in [0.05, 0.1) is 11.2 Å². The molecule has 1 aromatic carbocycles. The van der Waals surface area contributed by atoms with Gasteiger partial charge in [-0.3, -0.25) is 9.69 Å². The molecule has 1 aliphatic heterocycles. The third kappa shape index (κ3) is 3.55. The van der Waals surface area contributed by atoms with Gasteiger partial charge in [-0.1, -0.05) is 29.5 Å². The van der Waals surface area contributed by atoms with E-state index in [2.05, 4.69) is 29.1 Å². The molecule has 6 heteroatoms. The molecular weight excluding hydrogens is 383 g/mol. The van der Waals surface area contributed by atoms with Crippen LogP contribution in [0.15, 0.2) is 52.6 Å². The lowest BCUT2D eigenvalue weighted by Gasteiger charge is -2.46. The minimum absolute atomic E-state index is 0.151. The van der Waals surface area contributed by atoms with Crippen LogP contribution in [-0.4, -0.2) is 47.7 Å². The average Bonchev–Trinajstić information content (AvgIpc) is 3.16. The molecule has 0 amide bonds. The summed E-state index contributed by atoms with van der Waals surface area (Å²) >= 11 is 0. The number of methoxy groups -OCH3 is 1. The number of allylic oxidation sites excluding steroid dienone is 3. The van der Waals surface area contributed by atoms with Crippen LogP contribution in [0, 0.1) is 11.9 Å². The highest BCUT2D eigenvalue weighted by Gasteiger charge is 2.41. The molecule has 1 aliphatic carbocycles. The van der Waals surface area contributed by atoms with Gasteiger partial charge in [-0.15, -0.1) is 0 Å². The van der Waals surface area contributed by atoms with Crippen molar-refractivity contribution in [1.29, 1.82) is 0 Å². The van der Waals surface area contributed by atoms with Gasteiger partial charge in [0.1, 0.15) is 11.9 Å². The van der Waals surface area contributed by atoms with E-state index in [0.29, 0.717) is 5.58 Å². The highest BCUT2D eigenvalue weighted by molar-refractivity contribution is 5.94. The van der Waals surface area contributed by atoms with E-state index in [0.717, 1.165) is 42.6 Å². The first-order chi connectivity index (χ1) is 14.5. The highest BCUT2D eigenvalue weighted by atomic mass is 19.1. The summed E-state index contributed by atoms with van der Waals surface area (Å²) in [5.74, 6) is -0.227. The Bertz CT molecular complexity index is 1030. The lowest BCUT2D eigenvalue weighted by molar-refractivity contribution is -0.123. The fourth-order valence-electron chi connectivity index (χ4n) is 4.74. The van der Waals surface area contributed by atoms with E-state index >= 15 is 0 Å². The molecule has 0 saturated carbocycles. The zero-order valence-corrected chi connectivity index (χ0v) is 17.5. The number of carbonyl (C=O) groups is 1. The number of piperidine rings is 1. The average molecular weight is 409 g/mol. The Labute approximate surface area is 175 Å². The number of hydrogen-bond acceptors (Lipinski definition) is 5. The Morgan fingerprint density at radius 1 is 1.37 bits per heavy atom. The van der Waals surface area contributed by atoms with Crippen molar-refractivity contribution in [2.45, 2.75) is 44.2 Å². The molecule has 2 atom stereocenters. The van der Waals surface area contributed by atoms with Gasteiger partial charge in [0.25, 0.3) is 0 Å². The van der Waals surface area contributed by atoms with E-state index in [4.69, 9.17) is 9.26 Å². The van der Waals surface area contributed by atoms with Gasteiger partial charge in [-0.25, -0.2) is 4.39 Å². The molecule has 2 heterocycles. The number of ether oxygens (including phenoxy) is 1. The molecule has 0 spiro atoms. The van der Waals surface area contributed by atoms with Crippen molar-refractivity contribution in [1.82, 2.24) is 10.1 Å². The van der Waals surface area contributed by atoms with E-state index in [1.807, 2.05) is 19.1 Å². The smallest absolute Gasteiger partial charge is 0.196 e. The van der Waals surface area contributed by atoms with Crippen LogP contribution >= 0.6 is 0 Å². The number of aromatic nitrogens is 1. The van der Waals surface area contributed by atoms with Gasteiger partial charge in [0.15, 0.2) is 11.4 Å². The summed E-state index contributed by atoms with van der Waals surface area (Å²) in [6.45, 7) is 5.78. The molecule has 2 unspecified atom stereocenters. The molecule has 1 aromatic heterocycles. The van der Waals surface area contributed by atoms with Crippen molar-refractivity contribution in [3.05, 3.63) is 65.7 Å². The Kier molecular flexibility index (Phi) is 5.71. The summed E-state index contributed by atoms with van der Waals surface area (Å²) < 4.78 is 24.3. The van der Waals surface area contributed by atoms with Gasteiger partial charge in [0.2, 0.25) is 0 Å². The van der Waals surface area contributed by atoms with Gasteiger partial charge in [-0.2, -0.15) is 0 Å². The fourth-order valence-corrected chi connectivity index (χ4v) is 4.74. The minimum atomic E-state index is -0.622. The summed E-state index contributed by atoms with van der Waals surface area (Å²) in [5.41, 5.74) is 1.87. The quantitative estimate of drug-likeness (QED) is 0.687. The van der Waals surface area contributed by atoms with Gasteiger partial charge in [-0.05, 0) is 57.5 Å². The summed E-state index contributed by atoms with van der Waals surface area (Å²) in [6, 6.07) is 4.58. The number of ketones is 1. The fraction of sp³-hybridized carbons (Fsp3) is 0.417. The molecule has 1 radical (unpaired) electrons. The summed E-state index contributed by atoms with van der Waals surface area (Å²) in [4.78, 5) is 14.7. The van der Waals surface area contributed by atoms with E-state index in [9.17, 15) is 9.18 Å². The predicted octanol–water partition coefficient (Wildman–Crippen LogP) is 4.36. The molecule has 1 fully saturated rings. The second kappa shape index (κ2) is 8.28. The number of likely N-dealkylation sites (tertiary alicyclic amines) is 1. The Hall–Kier alpha value is -2.57. The maximum atomic E-state index is 13.5. The number of hydrogen-bond donors (Lipinski definition) is 0. The Morgan fingerprint density at radius 3 is 2.83 bits per heavy atom. The van der Waals surface area contributed by atoms with Crippen molar-refractivity contribution in [3.63, 3.8) is 0 Å². The maximum absolute atomic E-state index is 13.5. The van der Waals surface area contributed by atoms with Crippen LogP contribution in [0.1, 0.15) is 38.3 Å². The second-order valence-electron chi connectivity index (χ2n) is 8.03. The van der Waals surface area contributed by atoms with E-state index in [-0.39, 0.29) is 17.5 Å². The first-order valence-corrected chi connectivity index (χ1v) is 10.3. The van der Waals surface area contributed by atoms with E-state index in [1.165, 1.54) is 12.1 Å². The number of Topliss-reactive ketones (excluding diaryl/α,β-unsaturated/α-hetero) is 1. The molecular formula is C24H26FN2O3. The number of carbonyl (C=O) groups excluding carboxylic acids is 1. The third-order valence-corrected chi connectivity index (χ3v) is 6.32. The number of nitrogens with zero attached hydrogens (tertiary/aromatic N) is 2. The first kappa shape index (κ1) is 20.7. The second-order valence-corrected chi connectivity index (χ2v) is 8.03. The van der Waals surface area contributed by atoms with Crippen LogP contribution in [0.2, 0.25) is 0 Å². The highest BCUT2D eigenvalue weighted by Crippen LogP contribution is 2.38. The van der Waals surface area contributed by atoms with Crippen LogP contribution < -0.4 is 0 Å². The zero-order chi connectivity index (χ0) is 21.3. The monoisotopic (exact) mass is 409 g/mol. The first-order valence-electron chi connectivity index (χ1n) is 10.3. The molecule has 157 valence electrons. The normalized spacial score (nSPS) is 23.3. The molecule has 30 heavy (non-hydrogen) atoms. The summed E-state index contributed by atoms with van der Waals surface area (Å²) in [7, 11) is 1.56. The molecule has 5 nitrogen and oxygen atoms in total. The Morgan fingerprint density at radius 2 is 2.13 bits per heavy atom. The van der Waals surface area contributed by atoms with Crippen LogP contribution in [-0.2, 0) is 9.53 Å². The van der Waals surface area contributed by atoms with Crippen LogP contribution in [0.25, 0.3) is 11.0 Å². The molecule has 0 N–H and O–H groups in total. The largest absolute Gasteiger partial charge is 0.369 e. The summed E-state index contributed by atoms with van der Waals surface area (Å²) in [6.07, 6.45) is 11.7. The molecule has 4 rings (SSSR count). The standard InChI is InChI=1S/C24H26FN2O3/c1-4-12-24(2,19-6-5-7-20(28)23(19)29-3)27-13-10-16(11-14-27)22-18-9-8-17(25)15-21(18)30-26-22/h4-6,8-9,12,15-16,23H,10-11,13-14H2,1-3H3. The topological polar surface area (TPSA) is 55.6 Å². The third-order valence-electron chi connectivity index (χ3n) is 6.32. The van der Waals surface area contributed by atoms with Crippen molar-refractivity contribution in [3.8, 4) is 0 Å². The molecule has 1 saturated heterocycles. The van der Waals surface area contributed by atoms with Crippen LogP contribution in [0.3, 0.4) is 0 Å². The SMILES string of the molecule is CC=CC(C)(C1=CC=[C]C(=O)C1OC)N1CCC(c2noc3cc(F)ccc23)CC1. The van der Waals surface area contributed by atoms with Crippen molar-refractivity contribution in [2.24, 2.45) is 0 Å². The number of halogens is 1. The summed E-state index contributed by atoms with van der Waals surface area (Å²) in [5, 5.41) is 5.13. The Balaban J connectivity index is 1.57. The van der Waals surface area contributed by atoms with Crippen molar-refractivity contribution >= 4 is 16.8 Å².